The molecule has 1 aliphatic rings. The lowest BCUT2D eigenvalue weighted by Gasteiger charge is -2.41. The molecule has 0 aromatic heterocycles. The van der Waals surface area contributed by atoms with Crippen molar-refractivity contribution < 1.29 is 28.0 Å². The van der Waals surface area contributed by atoms with Gasteiger partial charge in [-0.15, -0.1) is 0 Å². The fourth-order valence-electron chi connectivity index (χ4n) is 2.87. The van der Waals surface area contributed by atoms with Crippen LogP contribution in [0.4, 0.5) is 0 Å². The van der Waals surface area contributed by atoms with Crippen LogP contribution in [-0.2, 0) is 18.2 Å². The van der Waals surface area contributed by atoms with E-state index in [4.69, 9.17) is 9.05 Å². The van der Waals surface area contributed by atoms with Crippen molar-refractivity contribution in [2.24, 2.45) is 5.41 Å². The average molecular weight is 314 g/mol. The molecular weight excluding hydrogens is 290 g/mol. The Balaban J connectivity index is 3.46. The summed E-state index contributed by atoms with van der Waals surface area (Å²) in [7, 11) is -8.10. The van der Waals surface area contributed by atoms with Gasteiger partial charge in [0.2, 0.25) is 0 Å². The number of hydrogen-bond donors (Lipinski definition) is 2. The molecule has 6 nitrogen and oxygen atoms in total. The lowest BCUT2D eigenvalue weighted by molar-refractivity contribution is 0.111. The SMILES string of the molecule is CCOP1(=O)OC(P(=O)(O)O)C(C)(CC)C1(C)CC. The Labute approximate surface area is 114 Å². The molecule has 0 radical (unpaired) electrons. The predicted molar refractivity (Wildman–Crippen MR) is 73.2 cm³/mol. The van der Waals surface area contributed by atoms with Crippen LogP contribution in [0.5, 0.6) is 0 Å². The third-order valence-corrected chi connectivity index (χ3v) is 9.22. The van der Waals surface area contributed by atoms with Crippen LogP contribution in [0.1, 0.15) is 47.5 Å². The summed E-state index contributed by atoms with van der Waals surface area (Å²) < 4.78 is 35.3. The van der Waals surface area contributed by atoms with Crippen molar-refractivity contribution in [3.63, 3.8) is 0 Å². The van der Waals surface area contributed by atoms with E-state index in [1.165, 1.54) is 0 Å². The lowest BCUT2D eigenvalue weighted by atomic mass is 9.74. The fourth-order valence-corrected chi connectivity index (χ4v) is 7.75. The van der Waals surface area contributed by atoms with E-state index in [1.807, 2.05) is 13.8 Å². The molecule has 0 bridgehead atoms. The summed E-state index contributed by atoms with van der Waals surface area (Å²) in [5.74, 6) is -1.38. The van der Waals surface area contributed by atoms with E-state index in [-0.39, 0.29) is 6.61 Å². The van der Waals surface area contributed by atoms with Crippen LogP contribution in [0.3, 0.4) is 0 Å². The van der Waals surface area contributed by atoms with Crippen LogP contribution in [-0.4, -0.2) is 27.4 Å². The molecular formula is C11H24O6P2. The molecule has 0 saturated carbocycles. The van der Waals surface area contributed by atoms with Gasteiger partial charge in [0.05, 0.1) is 11.8 Å². The quantitative estimate of drug-likeness (QED) is 0.756. The Morgan fingerprint density at radius 1 is 1.26 bits per heavy atom. The minimum absolute atomic E-state index is 0.181. The molecule has 1 fully saturated rings. The lowest BCUT2D eigenvalue weighted by Crippen LogP contribution is -2.44. The van der Waals surface area contributed by atoms with E-state index in [2.05, 4.69) is 0 Å². The Kier molecular flexibility index (Phi) is 4.79. The van der Waals surface area contributed by atoms with Crippen LogP contribution in [0.15, 0.2) is 0 Å². The van der Waals surface area contributed by atoms with Crippen LogP contribution in [0.25, 0.3) is 0 Å². The van der Waals surface area contributed by atoms with Crippen molar-refractivity contribution in [2.45, 2.75) is 58.5 Å². The van der Waals surface area contributed by atoms with Crippen LogP contribution < -0.4 is 0 Å². The fraction of sp³-hybridized carbons (Fsp3) is 1.00. The molecule has 2 N–H and O–H groups in total. The highest BCUT2D eigenvalue weighted by Gasteiger charge is 2.71. The van der Waals surface area contributed by atoms with Crippen LogP contribution in [0, 0.1) is 5.41 Å². The van der Waals surface area contributed by atoms with Crippen molar-refractivity contribution in [1.29, 1.82) is 0 Å². The van der Waals surface area contributed by atoms with Gasteiger partial charge in [-0.3, -0.25) is 13.7 Å². The molecule has 1 heterocycles. The molecule has 4 unspecified atom stereocenters. The van der Waals surface area contributed by atoms with E-state index < -0.39 is 31.6 Å². The first-order valence-corrected chi connectivity index (χ1v) is 9.73. The first-order valence-electron chi connectivity index (χ1n) is 6.50. The van der Waals surface area contributed by atoms with Crippen molar-refractivity contribution in [1.82, 2.24) is 0 Å². The zero-order valence-corrected chi connectivity index (χ0v) is 13.9. The summed E-state index contributed by atoms with van der Waals surface area (Å²) in [5, 5.41) is -0.906. The molecule has 1 saturated heterocycles. The normalized spacial score (nSPS) is 43.6. The summed E-state index contributed by atoms with van der Waals surface area (Å²) in [6, 6.07) is 0. The standard InChI is InChI=1S/C11H24O6P2/c1-6-10(4)9(18(12,13)14)17-19(15,16-8-3)11(10,5)7-2/h9H,6-8H2,1-5H3,(H2,12,13,14). The van der Waals surface area contributed by atoms with Gasteiger partial charge in [-0.05, 0) is 26.7 Å². The second kappa shape index (κ2) is 5.25. The molecule has 0 spiro atoms. The highest BCUT2D eigenvalue weighted by Crippen LogP contribution is 2.80. The third kappa shape index (κ3) is 2.37. The molecule has 114 valence electrons. The van der Waals surface area contributed by atoms with E-state index in [1.54, 1.807) is 20.8 Å². The first kappa shape index (κ1) is 17.4. The largest absolute Gasteiger partial charge is 0.355 e. The van der Waals surface area contributed by atoms with E-state index in [0.717, 1.165) is 0 Å². The summed E-state index contributed by atoms with van der Waals surface area (Å²) in [4.78, 5) is 19.0. The molecule has 19 heavy (non-hydrogen) atoms. The maximum atomic E-state index is 12.9. The summed E-state index contributed by atoms with van der Waals surface area (Å²) in [6.45, 7) is 8.99. The minimum atomic E-state index is -4.52. The minimum Gasteiger partial charge on any atom is -0.323 e. The van der Waals surface area contributed by atoms with Crippen molar-refractivity contribution >= 4 is 15.2 Å². The molecule has 8 heteroatoms. The van der Waals surface area contributed by atoms with E-state index in [0.29, 0.717) is 12.8 Å². The Morgan fingerprint density at radius 3 is 2.11 bits per heavy atom. The summed E-state index contributed by atoms with van der Waals surface area (Å²) in [6.07, 6.45) is 0.912. The topological polar surface area (TPSA) is 93.1 Å². The van der Waals surface area contributed by atoms with E-state index >= 15 is 0 Å². The Hall–Kier alpha value is 0.300. The van der Waals surface area contributed by atoms with Crippen LogP contribution in [0.2, 0.25) is 0 Å². The summed E-state index contributed by atoms with van der Waals surface area (Å²) >= 11 is 0. The molecule has 0 amide bonds. The van der Waals surface area contributed by atoms with Gasteiger partial charge in [0, 0.05) is 5.41 Å². The predicted octanol–water partition coefficient (Wildman–Crippen LogP) is 3.34. The summed E-state index contributed by atoms with van der Waals surface area (Å²) in [5.41, 5.74) is -0.897. The first-order chi connectivity index (χ1) is 8.52. The monoisotopic (exact) mass is 314 g/mol. The molecule has 0 aromatic carbocycles. The third-order valence-electron chi connectivity index (χ3n) is 4.65. The van der Waals surface area contributed by atoms with Gasteiger partial charge in [-0.1, -0.05) is 20.8 Å². The molecule has 1 rings (SSSR count). The van der Waals surface area contributed by atoms with Gasteiger partial charge >= 0.3 is 15.2 Å². The van der Waals surface area contributed by atoms with Gasteiger partial charge in [0.25, 0.3) is 0 Å². The zero-order valence-electron chi connectivity index (χ0n) is 12.1. The second-order valence-electron chi connectivity index (χ2n) is 5.36. The highest BCUT2D eigenvalue weighted by molar-refractivity contribution is 7.58. The van der Waals surface area contributed by atoms with E-state index in [9.17, 15) is 18.9 Å². The van der Waals surface area contributed by atoms with Crippen molar-refractivity contribution in [2.75, 3.05) is 6.61 Å². The number of hydrogen-bond acceptors (Lipinski definition) is 4. The van der Waals surface area contributed by atoms with Crippen molar-refractivity contribution in [3.05, 3.63) is 0 Å². The Bertz CT molecular complexity index is 433. The molecule has 0 aromatic rings. The molecule has 1 aliphatic heterocycles. The zero-order chi connectivity index (χ0) is 15.1. The molecule has 4 atom stereocenters. The smallest absolute Gasteiger partial charge is 0.323 e. The molecule has 0 aliphatic carbocycles. The highest BCUT2D eigenvalue weighted by atomic mass is 31.2. The van der Waals surface area contributed by atoms with Gasteiger partial charge in [-0.25, -0.2) is 0 Å². The van der Waals surface area contributed by atoms with Crippen molar-refractivity contribution in [3.8, 4) is 0 Å². The van der Waals surface area contributed by atoms with Gasteiger partial charge in [0.15, 0.2) is 5.85 Å². The van der Waals surface area contributed by atoms with Gasteiger partial charge < -0.3 is 14.3 Å². The second-order valence-corrected chi connectivity index (χ2v) is 9.46. The van der Waals surface area contributed by atoms with Gasteiger partial charge in [-0.2, -0.15) is 0 Å². The van der Waals surface area contributed by atoms with Gasteiger partial charge in [0.1, 0.15) is 0 Å². The van der Waals surface area contributed by atoms with Crippen LogP contribution >= 0.6 is 15.2 Å². The maximum Gasteiger partial charge on any atom is 0.355 e. The average Bonchev–Trinajstić information content (AvgIpc) is 2.49. The number of rotatable bonds is 5. The Morgan fingerprint density at radius 2 is 1.79 bits per heavy atom. The maximum absolute atomic E-state index is 12.9.